The van der Waals surface area contributed by atoms with Crippen molar-refractivity contribution < 1.29 is 9.53 Å². The zero-order valence-corrected chi connectivity index (χ0v) is 21.0. The molecule has 2 fully saturated rings. The molecule has 4 aliphatic carbocycles. The van der Waals surface area contributed by atoms with E-state index >= 15 is 0 Å². The van der Waals surface area contributed by atoms with Crippen LogP contribution in [0.4, 0.5) is 0 Å². The van der Waals surface area contributed by atoms with Gasteiger partial charge in [-0.05, 0) is 90.9 Å². The first kappa shape index (κ1) is 23.1. The molecule has 2 nitrogen and oxygen atoms in total. The van der Waals surface area contributed by atoms with Crippen molar-refractivity contribution in [2.24, 2.45) is 40.4 Å². The van der Waals surface area contributed by atoms with Crippen LogP contribution in [-0.4, -0.2) is 12.1 Å². The van der Waals surface area contributed by atoms with Crippen molar-refractivity contribution in [1.29, 1.82) is 0 Å². The summed E-state index contributed by atoms with van der Waals surface area (Å²) >= 11 is 0. The second-order valence-corrected chi connectivity index (χ2v) is 12.4. The van der Waals surface area contributed by atoms with E-state index in [9.17, 15) is 4.79 Å². The van der Waals surface area contributed by atoms with Gasteiger partial charge in [0.2, 0.25) is 0 Å². The van der Waals surface area contributed by atoms with Crippen LogP contribution < -0.4 is 0 Å². The molecule has 0 N–H and O–H groups in total. The Hall–Kier alpha value is -1.05. The van der Waals surface area contributed by atoms with E-state index in [0.717, 1.165) is 42.9 Å². The lowest BCUT2D eigenvalue weighted by atomic mass is 9.52. The molecule has 0 aromatic heterocycles. The van der Waals surface area contributed by atoms with Gasteiger partial charge in [0, 0.05) is 6.92 Å². The molecule has 4 rings (SSSR count). The average molecular weight is 427 g/mol. The fourth-order valence-corrected chi connectivity index (χ4v) is 8.23. The zero-order valence-electron chi connectivity index (χ0n) is 21.0. The Kier molecular flexibility index (Phi) is 6.50. The van der Waals surface area contributed by atoms with Crippen molar-refractivity contribution in [2.45, 2.75) is 112 Å². The molecule has 4 aliphatic rings. The number of allylic oxidation sites excluding steroid dienone is 4. The van der Waals surface area contributed by atoms with Crippen molar-refractivity contribution in [3.05, 3.63) is 23.3 Å². The van der Waals surface area contributed by atoms with Gasteiger partial charge in [-0.25, -0.2) is 0 Å². The third-order valence-corrected chi connectivity index (χ3v) is 10.0. The van der Waals surface area contributed by atoms with Crippen molar-refractivity contribution >= 4 is 5.97 Å². The minimum absolute atomic E-state index is 0.110. The fraction of sp³-hybridized carbons (Fsp3) is 0.828. The van der Waals surface area contributed by atoms with Crippen LogP contribution >= 0.6 is 0 Å². The molecule has 7 atom stereocenters. The lowest BCUT2D eigenvalue weighted by molar-refractivity contribution is -0.149. The monoisotopic (exact) mass is 426 g/mol. The first-order chi connectivity index (χ1) is 14.6. The Bertz CT molecular complexity index is 746. The van der Waals surface area contributed by atoms with E-state index in [1.54, 1.807) is 18.1 Å². The van der Waals surface area contributed by atoms with Gasteiger partial charge in [0.15, 0.2) is 0 Å². The molecule has 0 bridgehead atoms. The highest BCUT2D eigenvalue weighted by Gasteiger charge is 2.55. The van der Waals surface area contributed by atoms with Gasteiger partial charge in [0.05, 0.1) is 0 Å². The minimum Gasteiger partial charge on any atom is -0.463 e. The smallest absolute Gasteiger partial charge is 0.302 e. The molecule has 2 saturated carbocycles. The largest absolute Gasteiger partial charge is 0.463 e. The Morgan fingerprint density at radius 2 is 1.90 bits per heavy atom. The molecular weight excluding hydrogens is 380 g/mol. The maximum Gasteiger partial charge on any atom is 0.302 e. The third kappa shape index (κ3) is 4.18. The summed E-state index contributed by atoms with van der Waals surface area (Å²) in [7, 11) is 0. The van der Waals surface area contributed by atoms with Gasteiger partial charge in [-0.1, -0.05) is 71.6 Å². The van der Waals surface area contributed by atoms with E-state index in [1.807, 2.05) is 0 Å². The Labute approximate surface area is 191 Å². The highest BCUT2D eigenvalue weighted by molar-refractivity contribution is 5.66. The summed E-state index contributed by atoms with van der Waals surface area (Å²) in [5, 5.41) is 0. The predicted molar refractivity (Wildman–Crippen MR) is 129 cm³/mol. The first-order valence-electron chi connectivity index (χ1n) is 13.2. The molecule has 0 amide bonds. The van der Waals surface area contributed by atoms with E-state index in [2.05, 4.69) is 46.8 Å². The summed E-state index contributed by atoms with van der Waals surface area (Å²) in [6, 6.07) is 0. The molecular formula is C29H46O2. The number of fused-ring (bicyclic) bond motifs is 4. The Morgan fingerprint density at radius 1 is 1.13 bits per heavy atom. The Morgan fingerprint density at radius 3 is 2.61 bits per heavy atom. The summed E-state index contributed by atoms with van der Waals surface area (Å²) < 4.78 is 5.60. The number of carbonyl (C=O) groups is 1. The third-order valence-electron chi connectivity index (χ3n) is 10.0. The zero-order chi connectivity index (χ0) is 22.4. The van der Waals surface area contributed by atoms with Crippen LogP contribution in [0, 0.1) is 40.4 Å². The van der Waals surface area contributed by atoms with E-state index in [-0.39, 0.29) is 17.5 Å². The van der Waals surface area contributed by atoms with Crippen LogP contribution in [0.3, 0.4) is 0 Å². The molecule has 0 heterocycles. The second kappa shape index (κ2) is 8.71. The topological polar surface area (TPSA) is 26.3 Å². The molecule has 0 saturated heterocycles. The molecule has 0 aromatic rings. The number of esters is 1. The van der Waals surface area contributed by atoms with E-state index in [4.69, 9.17) is 4.74 Å². The second-order valence-electron chi connectivity index (χ2n) is 12.4. The first-order valence-corrected chi connectivity index (χ1v) is 13.2. The van der Waals surface area contributed by atoms with Crippen LogP contribution in [-0.2, 0) is 9.53 Å². The molecule has 0 spiro atoms. The molecule has 2 heteroatoms. The number of hydrogen-bond acceptors (Lipinski definition) is 2. The Balaban J connectivity index is 1.50. The average Bonchev–Trinajstić information content (AvgIpc) is 3.05. The van der Waals surface area contributed by atoms with Crippen LogP contribution in [0.1, 0.15) is 106 Å². The standard InChI is InChI=1S/C29H46O2/c1-19(2)8-7-9-20(3)25-12-13-26-24-11-10-22-18-23(31-21(4)30)14-16-28(22,5)27(24)15-17-29(25,26)6/h10-11,19-20,22-23,25-26H,7-9,12-18H2,1-6H3/t20-,22+,23-,25-,26+,28+,29-/m1/s1. The van der Waals surface area contributed by atoms with Crippen molar-refractivity contribution in [3.63, 3.8) is 0 Å². The maximum atomic E-state index is 11.5. The molecule has 31 heavy (non-hydrogen) atoms. The number of carbonyl (C=O) groups excluding carboxylic acids is 1. The summed E-state index contributed by atoms with van der Waals surface area (Å²) in [5.41, 5.74) is 4.26. The van der Waals surface area contributed by atoms with Gasteiger partial charge >= 0.3 is 5.97 Å². The molecule has 0 aromatic carbocycles. The summed E-state index contributed by atoms with van der Waals surface area (Å²) in [4.78, 5) is 11.5. The van der Waals surface area contributed by atoms with Crippen LogP contribution in [0.15, 0.2) is 23.3 Å². The van der Waals surface area contributed by atoms with Crippen molar-refractivity contribution in [1.82, 2.24) is 0 Å². The number of rotatable bonds is 6. The van der Waals surface area contributed by atoms with Crippen LogP contribution in [0.5, 0.6) is 0 Å². The highest BCUT2D eigenvalue weighted by atomic mass is 16.5. The highest BCUT2D eigenvalue weighted by Crippen LogP contribution is 2.64. The quantitative estimate of drug-likeness (QED) is 0.404. The maximum absolute atomic E-state index is 11.5. The normalized spacial score (nSPS) is 40.4. The lowest BCUT2D eigenvalue weighted by Crippen LogP contribution is -2.44. The van der Waals surface area contributed by atoms with Crippen LogP contribution in [0.2, 0.25) is 0 Å². The lowest BCUT2D eigenvalue weighted by Gasteiger charge is -2.53. The molecule has 0 aliphatic heterocycles. The van der Waals surface area contributed by atoms with Gasteiger partial charge in [0.25, 0.3) is 0 Å². The van der Waals surface area contributed by atoms with Crippen molar-refractivity contribution in [3.8, 4) is 0 Å². The van der Waals surface area contributed by atoms with Crippen molar-refractivity contribution in [2.75, 3.05) is 0 Å². The van der Waals surface area contributed by atoms with Gasteiger partial charge < -0.3 is 4.74 Å². The van der Waals surface area contributed by atoms with E-state index in [0.29, 0.717) is 11.3 Å². The molecule has 174 valence electrons. The predicted octanol–water partition coefficient (Wildman–Crippen LogP) is 7.88. The SMILES string of the molecule is CC(=O)O[C@@H]1CC[C@]2(C)C3=C(C=C[C@H]2C1)[C@@H]1CC[C@H]([C@H](C)CCCC(C)C)[C@@]1(C)CC3. The number of hydrogen-bond donors (Lipinski definition) is 0. The number of ether oxygens (including phenoxy) is 1. The van der Waals surface area contributed by atoms with Gasteiger partial charge in [0.1, 0.15) is 6.10 Å². The van der Waals surface area contributed by atoms with E-state index < -0.39 is 0 Å². The summed E-state index contributed by atoms with van der Waals surface area (Å²) in [5.74, 6) is 3.73. The molecule has 0 radical (unpaired) electrons. The van der Waals surface area contributed by atoms with E-state index in [1.165, 1.54) is 44.9 Å². The summed E-state index contributed by atoms with van der Waals surface area (Å²) in [6.07, 6.45) is 18.0. The summed E-state index contributed by atoms with van der Waals surface area (Å²) in [6.45, 7) is 14.0. The van der Waals surface area contributed by atoms with Gasteiger partial charge in [-0.15, -0.1) is 0 Å². The minimum atomic E-state index is -0.124. The van der Waals surface area contributed by atoms with Gasteiger partial charge in [-0.3, -0.25) is 4.79 Å². The fourth-order valence-electron chi connectivity index (χ4n) is 8.23. The van der Waals surface area contributed by atoms with Crippen LogP contribution in [0.25, 0.3) is 0 Å². The molecule has 0 unspecified atom stereocenters. The van der Waals surface area contributed by atoms with Gasteiger partial charge in [-0.2, -0.15) is 0 Å².